The van der Waals surface area contributed by atoms with Crippen LogP contribution >= 0.6 is 11.8 Å². The Morgan fingerprint density at radius 2 is 2.08 bits per heavy atom. The van der Waals surface area contributed by atoms with Gasteiger partial charge in [0.1, 0.15) is 5.50 Å². The van der Waals surface area contributed by atoms with Crippen molar-refractivity contribution >= 4 is 33.4 Å². The van der Waals surface area contributed by atoms with Gasteiger partial charge in [-0.05, 0) is 44.4 Å². The molecule has 0 radical (unpaired) electrons. The van der Waals surface area contributed by atoms with Gasteiger partial charge in [-0.1, -0.05) is 17.8 Å². The summed E-state index contributed by atoms with van der Waals surface area (Å²) in [5.74, 6) is -0.0254. The lowest BCUT2D eigenvalue weighted by Crippen LogP contribution is -2.45. The summed E-state index contributed by atoms with van der Waals surface area (Å²) in [6, 6.07) is 4.94. The van der Waals surface area contributed by atoms with Crippen LogP contribution in [0.25, 0.3) is 0 Å². The molecule has 0 bridgehead atoms. The number of hydrogen-bond acceptors (Lipinski definition) is 6. The van der Waals surface area contributed by atoms with Crippen molar-refractivity contribution in [3.05, 3.63) is 23.8 Å². The zero-order chi connectivity index (χ0) is 17.1. The van der Waals surface area contributed by atoms with Gasteiger partial charge in [-0.3, -0.25) is 9.69 Å². The van der Waals surface area contributed by atoms with Crippen molar-refractivity contribution in [1.82, 2.24) is 15.6 Å². The number of thioether (sulfide) groups is 1. The number of carbonyl (C=O) groups is 1. The fraction of sp³-hybridized carbons (Fsp3) is 0.533. The van der Waals surface area contributed by atoms with Gasteiger partial charge in [0, 0.05) is 5.54 Å². The molecule has 1 saturated carbocycles. The third kappa shape index (κ3) is 2.84. The van der Waals surface area contributed by atoms with E-state index >= 15 is 0 Å². The van der Waals surface area contributed by atoms with E-state index in [4.69, 9.17) is 0 Å². The van der Waals surface area contributed by atoms with E-state index in [0.717, 1.165) is 18.4 Å². The summed E-state index contributed by atoms with van der Waals surface area (Å²) < 4.78 is 28.0. The zero-order valence-electron chi connectivity index (χ0n) is 13.5. The Kier molecular flexibility index (Phi) is 3.70. The van der Waals surface area contributed by atoms with Gasteiger partial charge in [-0.2, -0.15) is 0 Å². The molecular formula is C15H20N4O3S2. The first-order chi connectivity index (χ1) is 11.3. The number of benzene rings is 1. The van der Waals surface area contributed by atoms with Crippen LogP contribution in [0.2, 0.25) is 0 Å². The van der Waals surface area contributed by atoms with E-state index in [1.165, 1.54) is 0 Å². The van der Waals surface area contributed by atoms with Gasteiger partial charge < -0.3 is 0 Å². The van der Waals surface area contributed by atoms with Crippen LogP contribution in [-0.2, 0) is 21.2 Å². The highest BCUT2D eigenvalue weighted by atomic mass is 32.2. The number of nitrogens with one attached hydrogen (secondary N) is 3. The first-order valence-corrected chi connectivity index (χ1v) is 10.4. The van der Waals surface area contributed by atoms with E-state index in [9.17, 15) is 13.2 Å². The normalized spacial score (nSPS) is 28.2. The van der Waals surface area contributed by atoms with Crippen molar-refractivity contribution in [1.29, 1.82) is 0 Å². The highest BCUT2D eigenvalue weighted by molar-refractivity contribution is 8.00. The smallest absolute Gasteiger partial charge is 0.241 e. The fourth-order valence-electron chi connectivity index (χ4n) is 2.97. The van der Waals surface area contributed by atoms with Gasteiger partial charge in [0.05, 0.1) is 22.4 Å². The SMILES string of the molecule is CC1NNC(N2C(=O)Cc3ccc(S(=O)(=O)NC4(C)CC4)cc32)S1. The Labute approximate surface area is 145 Å². The predicted octanol–water partition coefficient (Wildman–Crippen LogP) is 0.877. The third-order valence-corrected chi connectivity index (χ3v) is 7.34. The summed E-state index contributed by atoms with van der Waals surface area (Å²) in [5, 5.41) is 0.176. The minimum Gasteiger partial charge on any atom is -0.285 e. The average Bonchev–Trinajstić information content (AvgIpc) is 2.92. The van der Waals surface area contributed by atoms with E-state index in [0.29, 0.717) is 12.1 Å². The minimum absolute atomic E-state index is 0.0254. The van der Waals surface area contributed by atoms with Crippen molar-refractivity contribution in [2.45, 2.75) is 54.4 Å². The molecule has 1 aromatic carbocycles. The average molecular weight is 368 g/mol. The lowest BCUT2D eigenvalue weighted by molar-refractivity contribution is -0.117. The summed E-state index contributed by atoms with van der Waals surface area (Å²) in [4.78, 5) is 14.3. The lowest BCUT2D eigenvalue weighted by Gasteiger charge is -2.24. The maximum Gasteiger partial charge on any atom is 0.241 e. The Bertz CT molecular complexity index is 807. The van der Waals surface area contributed by atoms with Crippen LogP contribution in [0, 0.1) is 0 Å². The number of hydrogen-bond donors (Lipinski definition) is 3. The molecule has 2 heterocycles. The van der Waals surface area contributed by atoms with Gasteiger partial charge in [0.25, 0.3) is 0 Å². The van der Waals surface area contributed by atoms with E-state index < -0.39 is 10.0 Å². The number of hydrazine groups is 1. The van der Waals surface area contributed by atoms with Crippen LogP contribution in [0.3, 0.4) is 0 Å². The fourth-order valence-corrected chi connectivity index (χ4v) is 5.47. The molecule has 0 aromatic heterocycles. The van der Waals surface area contributed by atoms with E-state index in [2.05, 4.69) is 15.6 Å². The molecule has 0 spiro atoms. The Hall–Kier alpha value is -1.13. The van der Waals surface area contributed by atoms with Gasteiger partial charge in [0.2, 0.25) is 15.9 Å². The molecule has 2 atom stereocenters. The van der Waals surface area contributed by atoms with Crippen molar-refractivity contribution in [3.8, 4) is 0 Å². The second-order valence-electron chi connectivity index (χ2n) is 6.82. The first kappa shape index (κ1) is 16.3. The standard InChI is InChI=1S/C15H20N4O3S2/c1-9-16-17-14(23-9)19-12-8-11(4-3-10(12)7-13(19)20)24(21,22)18-15(2)5-6-15/h3-4,8-9,14,16-18H,5-7H2,1-2H3. The van der Waals surface area contributed by atoms with E-state index in [1.54, 1.807) is 34.9 Å². The van der Waals surface area contributed by atoms with Crippen LogP contribution in [0.5, 0.6) is 0 Å². The molecule has 7 nitrogen and oxygen atoms in total. The number of carbonyl (C=O) groups excluding carboxylic acids is 1. The molecule has 3 N–H and O–H groups in total. The van der Waals surface area contributed by atoms with Crippen LogP contribution in [0.1, 0.15) is 32.3 Å². The molecule has 2 unspecified atom stereocenters. The number of anilines is 1. The number of sulfonamides is 1. The maximum absolute atomic E-state index is 12.6. The van der Waals surface area contributed by atoms with Gasteiger partial charge in [0.15, 0.2) is 0 Å². The summed E-state index contributed by atoms with van der Waals surface area (Å²) in [7, 11) is -3.58. The molecule has 2 aliphatic heterocycles. The van der Waals surface area contributed by atoms with E-state index in [1.807, 2.05) is 13.8 Å². The predicted molar refractivity (Wildman–Crippen MR) is 92.7 cm³/mol. The molecule has 1 saturated heterocycles. The Morgan fingerprint density at radius 3 is 2.71 bits per heavy atom. The number of rotatable bonds is 4. The van der Waals surface area contributed by atoms with Crippen LogP contribution in [-0.4, -0.2) is 30.7 Å². The van der Waals surface area contributed by atoms with Crippen molar-refractivity contribution < 1.29 is 13.2 Å². The maximum atomic E-state index is 12.6. The molecule has 1 aromatic rings. The van der Waals surface area contributed by atoms with Crippen molar-refractivity contribution in [2.24, 2.45) is 0 Å². The summed E-state index contributed by atoms with van der Waals surface area (Å²) in [6.07, 6.45) is 2.01. The van der Waals surface area contributed by atoms with Gasteiger partial charge in [-0.25, -0.2) is 24.0 Å². The highest BCUT2D eigenvalue weighted by Crippen LogP contribution is 2.38. The third-order valence-electron chi connectivity index (χ3n) is 4.60. The molecule has 9 heteroatoms. The molecule has 2 fully saturated rings. The molecule has 130 valence electrons. The summed E-state index contributed by atoms with van der Waals surface area (Å²) >= 11 is 1.58. The lowest BCUT2D eigenvalue weighted by atomic mass is 10.2. The second kappa shape index (κ2) is 5.43. The first-order valence-electron chi connectivity index (χ1n) is 7.93. The van der Waals surface area contributed by atoms with Crippen molar-refractivity contribution in [2.75, 3.05) is 4.90 Å². The molecule has 1 amide bonds. The molecule has 3 aliphatic rings. The quantitative estimate of drug-likeness (QED) is 0.731. The number of amides is 1. The zero-order valence-corrected chi connectivity index (χ0v) is 15.1. The van der Waals surface area contributed by atoms with Gasteiger partial charge >= 0.3 is 0 Å². The van der Waals surface area contributed by atoms with E-state index in [-0.39, 0.29) is 27.2 Å². The van der Waals surface area contributed by atoms with Crippen molar-refractivity contribution in [3.63, 3.8) is 0 Å². The topological polar surface area (TPSA) is 90.5 Å². The van der Waals surface area contributed by atoms with Crippen LogP contribution < -0.4 is 20.5 Å². The number of fused-ring (bicyclic) bond motifs is 1. The Morgan fingerprint density at radius 1 is 1.33 bits per heavy atom. The van der Waals surface area contributed by atoms with Gasteiger partial charge in [-0.15, -0.1) is 0 Å². The molecule has 24 heavy (non-hydrogen) atoms. The number of nitrogens with zero attached hydrogens (tertiary/aromatic N) is 1. The second-order valence-corrected chi connectivity index (χ2v) is 9.92. The van der Waals surface area contributed by atoms with Crippen LogP contribution in [0.4, 0.5) is 5.69 Å². The minimum atomic E-state index is -3.58. The van der Waals surface area contributed by atoms with Crippen LogP contribution in [0.15, 0.2) is 23.1 Å². The monoisotopic (exact) mass is 368 g/mol. The molecular weight excluding hydrogens is 348 g/mol. The Balaban J connectivity index is 1.67. The summed E-state index contributed by atoms with van der Waals surface area (Å²) in [5.41, 5.74) is 7.12. The molecule has 1 aliphatic carbocycles. The summed E-state index contributed by atoms with van der Waals surface area (Å²) in [6.45, 7) is 3.90. The largest absolute Gasteiger partial charge is 0.285 e. The molecule has 4 rings (SSSR count). The highest BCUT2D eigenvalue weighted by Gasteiger charge is 2.42.